The number of phenols is 1. The molecule has 112 valence electrons. The standard InChI is InChI=1S/C19H18ClNO/c1-11-8-9-16(22)19-17(11)14-6-3-7-15(14)18(21-19)12-4-2-5-13(20)10-12/h2-6,8-10,14-15,18,21-22H,7H2,1H3. The first-order valence-electron chi connectivity index (χ1n) is 7.66. The molecule has 22 heavy (non-hydrogen) atoms. The molecule has 0 amide bonds. The van der Waals surface area contributed by atoms with E-state index >= 15 is 0 Å². The molecule has 1 aliphatic carbocycles. The van der Waals surface area contributed by atoms with Crippen molar-refractivity contribution in [2.45, 2.75) is 25.3 Å². The van der Waals surface area contributed by atoms with Crippen molar-refractivity contribution in [3.63, 3.8) is 0 Å². The number of nitrogens with one attached hydrogen (secondary N) is 1. The van der Waals surface area contributed by atoms with Crippen molar-refractivity contribution in [3.8, 4) is 5.75 Å². The smallest absolute Gasteiger partial charge is 0.139 e. The number of aryl methyl sites for hydroxylation is 1. The monoisotopic (exact) mass is 311 g/mol. The molecule has 3 unspecified atom stereocenters. The Balaban J connectivity index is 1.86. The highest BCUT2D eigenvalue weighted by Gasteiger charge is 2.39. The normalized spacial score (nSPS) is 25.5. The van der Waals surface area contributed by atoms with E-state index in [1.165, 1.54) is 16.7 Å². The molecule has 2 aliphatic rings. The molecule has 0 saturated heterocycles. The van der Waals surface area contributed by atoms with E-state index in [2.05, 4.69) is 30.5 Å². The molecule has 2 nitrogen and oxygen atoms in total. The first-order chi connectivity index (χ1) is 10.6. The number of anilines is 1. The predicted molar refractivity (Wildman–Crippen MR) is 90.6 cm³/mol. The van der Waals surface area contributed by atoms with E-state index in [1.807, 2.05) is 24.3 Å². The molecule has 2 aromatic rings. The fourth-order valence-electron chi connectivity index (χ4n) is 3.91. The fraction of sp³-hybridized carbons (Fsp3) is 0.263. The van der Waals surface area contributed by atoms with Gasteiger partial charge in [0, 0.05) is 10.9 Å². The minimum absolute atomic E-state index is 0.166. The number of phenolic OH excluding ortho intramolecular Hbond substituents is 1. The topological polar surface area (TPSA) is 32.3 Å². The number of rotatable bonds is 1. The number of fused-ring (bicyclic) bond motifs is 3. The molecule has 0 spiro atoms. The summed E-state index contributed by atoms with van der Waals surface area (Å²) >= 11 is 6.17. The molecule has 0 fully saturated rings. The van der Waals surface area contributed by atoms with Crippen molar-refractivity contribution in [2.75, 3.05) is 5.32 Å². The van der Waals surface area contributed by atoms with Crippen molar-refractivity contribution in [2.24, 2.45) is 5.92 Å². The molecule has 0 radical (unpaired) electrons. The Bertz CT molecular complexity index is 768. The predicted octanol–water partition coefficient (Wildman–Crippen LogP) is 5.18. The third-order valence-electron chi connectivity index (χ3n) is 4.92. The summed E-state index contributed by atoms with van der Waals surface area (Å²) in [6.07, 6.45) is 5.59. The Morgan fingerprint density at radius 1 is 1.23 bits per heavy atom. The maximum Gasteiger partial charge on any atom is 0.139 e. The lowest BCUT2D eigenvalue weighted by Gasteiger charge is -2.38. The van der Waals surface area contributed by atoms with Crippen LogP contribution in [0.1, 0.15) is 35.1 Å². The Morgan fingerprint density at radius 3 is 2.91 bits per heavy atom. The van der Waals surface area contributed by atoms with E-state index < -0.39 is 0 Å². The maximum absolute atomic E-state index is 10.3. The molecule has 4 rings (SSSR count). The van der Waals surface area contributed by atoms with Gasteiger partial charge in [0.15, 0.2) is 0 Å². The number of halogens is 1. The van der Waals surface area contributed by atoms with Crippen LogP contribution in [0.3, 0.4) is 0 Å². The second-order valence-corrected chi connectivity index (χ2v) is 6.66. The number of allylic oxidation sites excluding steroid dienone is 2. The van der Waals surface area contributed by atoms with Crippen molar-refractivity contribution in [1.29, 1.82) is 0 Å². The summed E-state index contributed by atoms with van der Waals surface area (Å²) in [6, 6.07) is 12.0. The van der Waals surface area contributed by atoms with Crippen LogP contribution in [-0.2, 0) is 0 Å². The van der Waals surface area contributed by atoms with Gasteiger partial charge >= 0.3 is 0 Å². The van der Waals surface area contributed by atoms with E-state index in [9.17, 15) is 5.11 Å². The lowest BCUT2D eigenvalue weighted by Crippen LogP contribution is -2.29. The molecule has 0 saturated carbocycles. The number of benzene rings is 2. The van der Waals surface area contributed by atoms with Crippen LogP contribution in [0, 0.1) is 12.8 Å². The zero-order chi connectivity index (χ0) is 15.3. The lowest BCUT2D eigenvalue weighted by molar-refractivity contribution is 0.414. The summed E-state index contributed by atoms with van der Waals surface area (Å²) in [5.41, 5.74) is 4.51. The molecular weight excluding hydrogens is 294 g/mol. The van der Waals surface area contributed by atoms with E-state index in [0.29, 0.717) is 17.6 Å². The molecule has 1 heterocycles. The largest absolute Gasteiger partial charge is 0.506 e. The number of hydrogen-bond acceptors (Lipinski definition) is 2. The van der Waals surface area contributed by atoms with Crippen molar-refractivity contribution in [3.05, 3.63) is 70.3 Å². The minimum atomic E-state index is 0.166. The lowest BCUT2D eigenvalue weighted by atomic mass is 9.75. The summed E-state index contributed by atoms with van der Waals surface area (Å²) in [5.74, 6) is 1.14. The molecule has 2 aromatic carbocycles. The first kappa shape index (κ1) is 13.7. The SMILES string of the molecule is Cc1ccc(O)c2c1C1C=CCC1C(c1cccc(Cl)c1)N2. The summed E-state index contributed by atoms with van der Waals surface area (Å²) in [7, 11) is 0. The molecule has 3 heteroatoms. The van der Waals surface area contributed by atoms with Crippen molar-refractivity contribution in [1.82, 2.24) is 0 Å². The third kappa shape index (κ3) is 2.02. The Labute approximate surface area is 135 Å². The highest BCUT2D eigenvalue weighted by atomic mass is 35.5. The fourth-order valence-corrected chi connectivity index (χ4v) is 4.11. The van der Waals surface area contributed by atoms with Gasteiger partial charge in [0.25, 0.3) is 0 Å². The van der Waals surface area contributed by atoms with Gasteiger partial charge < -0.3 is 10.4 Å². The zero-order valence-electron chi connectivity index (χ0n) is 12.4. The van der Waals surface area contributed by atoms with Gasteiger partial charge in [-0.15, -0.1) is 0 Å². The van der Waals surface area contributed by atoms with Gasteiger partial charge in [-0.3, -0.25) is 0 Å². The zero-order valence-corrected chi connectivity index (χ0v) is 13.1. The Hall–Kier alpha value is -1.93. The van der Waals surface area contributed by atoms with Gasteiger partial charge in [0.2, 0.25) is 0 Å². The highest BCUT2D eigenvalue weighted by Crippen LogP contribution is 2.53. The summed E-state index contributed by atoms with van der Waals surface area (Å²) in [6.45, 7) is 2.11. The molecule has 3 atom stereocenters. The molecule has 0 aromatic heterocycles. The average Bonchev–Trinajstić information content (AvgIpc) is 2.99. The van der Waals surface area contributed by atoms with E-state index in [4.69, 9.17) is 11.6 Å². The molecule has 2 N–H and O–H groups in total. The Kier molecular flexibility index (Phi) is 3.16. The van der Waals surface area contributed by atoms with Crippen LogP contribution in [0.15, 0.2) is 48.6 Å². The summed E-state index contributed by atoms with van der Waals surface area (Å²) in [5, 5.41) is 14.6. The third-order valence-corrected chi connectivity index (χ3v) is 5.16. The van der Waals surface area contributed by atoms with E-state index in [-0.39, 0.29) is 6.04 Å². The molecule has 0 bridgehead atoms. The molecular formula is C19H18ClNO. The Morgan fingerprint density at radius 2 is 2.09 bits per heavy atom. The number of aromatic hydroxyl groups is 1. The van der Waals surface area contributed by atoms with Crippen LogP contribution in [0.4, 0.5) is 5.69 Å². The average molecular weight is 312 g/mol. The van der Waals surface area contributed by atoms with Crippen LogP contribution in [0.25, 0.3) is 0 Å². The van der Waals surface area contributed by atoms with Gasteiger partial charge in [-0.25, -0.2) is 0 Å². The second kappa shape index (κ2) is 5.06. The van der Waals surface area contributed by atoms with Crippen LogP contribution in [-0.4, -0.2) is 5.11 Å². The van der Waals surface area contributed by atoms with Crippen LogP contribution < -0.4 is 5.32 Å². The van der Waals surface area contributed by atoms with E-state index in [0.717, 1.165) is 17.1 Å². The number of hydrogen-bond donors (Lipinski definition) is 2. The minimum Gasteiger partial charge on any atom is -0.506 e. The quantitative estimate of drug-likeness (QED) is 0.562. The van der Waals surface area contributed by atoms with E-state index in [1.54, 1.807) is 6.07 Å². The van der Waals surface area contributed by atoms with Crippen LogP contribution in [0.2, 0.25) is 5.02 Å². The van der Waals surface area contributed by atoms with Gasteiger partial charge in [-0.2, -0.15) is 0 Å². The van der Waals surface area contributed by atoms with Crippen molar-refractivity contribution >= 4 is 17.3 Å². The van der Waals surface area contributed by atoms with Gasteiger partial charge in [0.05, 0.1) is 11.7 Å². The van der Waals surface area contributed by atoms with Gasteiger partial charge in [0.1, 0.15) is 5.75 Å². The van der Waals surface area contributed by atoms with Gasteiger partial charge in [-0.05, 0) is 54.2 Å². The van der Waals surface area contributed by atoms with Gasteiger partial charge in [-0.1, -0.05) is 42.0 Å². The van der Waals surface area contributed by atoms with Crippen LogP contribution >= 0.6 is 11.6 Å². The maximum atomic E-state index is 10.3. The molecule has 1 aliphatic heterocycles. The summed E-state index contributed by atoms with van der Waals surface area (Å²) in [4.78, 5) is 0. The van der Waals surface area contributed by atoms with Crippen molar-refractivity contribution < 1.29 is 5.11 Å². The van der Waals surface area contributed by atoms with Crippen LogP contribution in [0.5, 0.6) is 5.75 Å². The summed E-state index contributed by atoms with van der Waals surface area (Å²) < 4.78 is 0. The highest BCUT2D eigenvalue weighted by molar-refractivity contribution is 6.30. The second-order valence-electron chi connectivity index (χ2n) is 6.22. The first-order valence-corrected chi connectivity index (χ1v) is 8.04.